The highest BCUT2D eigenvalue weighted by atomic mass is 32.1. The van der Waals surface area contributed by atoms with Gasteiger partial charge in [0.1, 0.15) is 0 Å². The number of rotatable bonds is 6. The average Bonchev–Trinajstić information content (AvgIpc) is 2.98. The van der Waals surface area contributed by atoms with Crippen molar-refractivity contribution in [2.45, 2.75) is 39.4 Å². The lowest BCUT2D eigenvalue weighted by molar-refractivity contribution is 0.452. The van der Waals surface area contributed by atoms with Gasteiger partial charge in [0.15, 0.2) is 5.13 Å². The molecule has 0 fully saturated rings. The van der Waals surface area contributed by atoms with E-state index in [1.165, 1.54) is 23.1 Å². The van der Waals surface area contributed by atoms with Gasteiger partial charge in [0, 0.05) is 30.2 Å². The van der Waals surface area contributed by atoms with Gasteiger partial charge in [0.2, 0.25) is 0 Å². The number of aromatic nitrogens is 2. The molecule has 0 amide bonds. The Morgan fingerprint density at radius 1 is 1.39 bits per heavy atom. The van der Waals surface area contributed by atoms with E-state index in [2.05, 4.69) is 24.3 Å². The van der Waals surface area contributed by atoms with Crippen molar-refractivity contribution in [3.05, 3.63) is 40.1 Å². The largest absolute Gasteiger partial charge is 0.306 e. The fourth-order valence-corrected chi connectivity index (χ4v) is 2.51. The summed E-state index contributed by atoms with van der Waals surface area (Å²) in [5.41, 5.74) is 1.17. The topological polar surface area (TPSA) is 29.9 Å². The van der Waals surface area contributed by atoms with Crippen molar-refractivity contribution in [2.24, 2.45) is 0 Å². The molecule has 0 aliphatic heterocycles. The van der Waals surface area contributed by atoms with Gasteiger partial charge in [-0.15, -0.1) is 11.3 Å². The molecule has 18 heavy (non-hydrogen) atoms. The Morgan fingerprint density at radius 3 is 2.89 bits per heavy atom. The first kappa shape index (κ1) is 13.2. The lowest BCUT2D eigenvalue weighted by Gasteiger charge is -2.13. The van der Waals surface area contributed by atoms with Crippen LogP contribution in [-0.4, -0.2) is 9.78 Å². The second-order valence-corrected chi connectivity index (χ2v) is 5.45. The summed E-state index contributed by atoms with van der Waals surface area (Å²) in [6, 6.07) is 5.76. The summed E-state index contributed by atoms with van der Waals surface area (Å²) in [5.74, 6) is 0. The molecule has 0 aromatic carbocycles. The highest BCUT2D eigenvalue weighted by molar-refractivity contribution is 7.10. The van der Waals surface area contributed by atoms with Crippen LogP contribution in [0.15, 0.2) is 24.4 Å². The van der Waals surface area contributed by atoms with Crippen LogP contribution in [0.5, 0.6) is 0 Å². The third-order valence-electron chi connectivity index (χ3n) is 2.99. The average molecular weight is 267 g/mol. The van der Waals surface area contributed by atoms with E-state index in [0.717, 1.165) is 17.8 Å². The molecule has 0 saturated carbocycles. The van der Waals surface area contributed by atoms with E-state index in [4.69, 9.17) is 0 Å². The zero-order chi connectivity index (χ0) is 13.0. The molecule has 2 rings (SSSR count). The number of nitrogens with zero attached hydrogens (tertiary/aromatic N) is 2. The third kappa shape index (κ3) is 3.17. The molecule has 2 aromatic rings. The van der Waals surface area contributed by atoms with Crippen LogP contribution in [0.4, 0.5) is 4.39 Å². The van der Waals surface area contributed by atoms with Gasteiger partial charge in [-0.05, 0) is 31.5 Å². The number of halogens is 1. The lowest BCUT2D eigenvalue weighted by atomic mass is 10.2. The molecule has 0 aliphatic carbocycles. The Labute approximate surface area is 111 Å². The van der Waals surface area contributed by atoms with E-state index < -0.39 is 0 Å². The number of nitrogens with one attached hydrogen (secondary N) is 1. The molecule has 1 N–H and O–H groups in total. The first-order valence-corrected chi connectivity index (χ1v) is 6.99. The van der Waals surface area contributed by atoms with Crippen LogP contribution < -0.4 is 5.32 Å². The van der Waals surface area contributed by atoms with E-state index >= 15 is 0 Å². The Bertz CT molecular complexity index is 492. The number of hydrogen-bond donors (Lipinski definition) is 1. The summed E-state index contributed by atoms with van der Waals surface area (Å²) in [6.07, 6.45) is 2.89. The standard InChI is InChI=1S/C13H18FN3S/c1-3-10(2)17-11(6-7-16-17)8-15-9-12-4-5-13(14)18-12/h4-7,10,15H,3,8-9H2,1-2H3/t10-/m0/s1. The molecule has 0 bridgehead atoms. The predicted molar refractivity (Wildman–Crippen MR) is 72.0 cm³/mol. The summed E-state index contributed by atoms with van der Waals surface area (Å²) in [5, 5.41) is 7.53. The van der Waals surface area contributed by atoms with E-state index in [-0.39, 0.29) is 5.13 Å². The molecule has 5 heteroatoms. The Hall–Kier alpha value is -1.20. The van der Waals surface area contributed by atoms with Gasteiger partial charge in [-0.3, -0.25) is 4.68 Å². The second-order valence-electron chi connectivity index (χ2n) is 4.33. The van der Waals surface area contributed by atoms with Gasteiger partial charge in [0.25, 0.3) is 0 Å². The fourth-order valence-electron chi connectivity index (χ4n) is 1.81. The molecule has 98 valence electrons. The SMILES string of the molecule is CC[C@H](C)n1nccc1CNCc1ccc(F)s1. The first-order chi connectivity index (χ1) is 8.70. The molecule has 0 aliphatic rings. The highest BCUT2D eigenvalue weighted by Crippen LogP contribution is 2.15. The van der Waals surface area contributed by atoms with Crippen molar-refractivity contribution in [2.75, 3.05) is 0 Å². The fraction of sp³-hybridized carbons (Fsp3) is 0.462. The molecule has 0 unspecified atom stereocenters. The van der Waals surface area contributed by atoms with Gasteiger partial charge in [0.05, 0.1) is 5.69 Å². The highest BCUT2D eigenvalue weighted by Gasteiger charge is 2.08. The molecule has 3 nitrogen and oxygen atoms in total. The van der Waals surface area contributed by atoms with Crippen molar-refractivity contribution in [1.82, 2.24) is 15.1 Å². The molecule has 2 heterocycles. The van der Waals surface area contributed by atoms with Crippen molar-refractivity contribution in [3.63, 3.8) is 0 Å². The van der Waals surface area contributed by atoms with Crippen LogP contribution in [0.3, 0.4) is 0 Å². The summed E-state index contributed by atoms with van der Waals surface area (Å²) >= 11 is 1.19. The second kappa shape index (κ2) is 6.11. The van der Waals surface area contributed by atoms with Gasteiger partial charge < -0.3 is 5.32 Å². The van der Waals surface area contributed by atoms with Crippen molar-refractivity contribution >= 4 is 11.3 Å². The van der Waals surface area contributed by atoms with E-state index in [1.54, 1.807) is 0 Å². The summed E-state index contributed by atoms with van der Waals surface area (Å²) in [6.45, 7) is 5.76. The normalized spacial score (nSPS) is 12.8. The van der Waals surface area contributed by atoms with Gasteiger partial charge in [-0.2, -0.15) is 9.49 Å². The van der Waals surface area contributed by atoms with Crippen LogP contribution in [0.25, 0.3) is 0 Å². The van der Waals surface area contributed by atoms with Crippen molar-refractivity contribution in [3.8, 4) is 0 Å². The predicted octanol–water partition coefficient (Wildman–Crippen LogP) is 3.34. The Balaban J connectivity index is 1.88. The minimum atomic E-state index is -0.128. The monoisotopic (exact) mass is 267 g/mol. The molecular weight excluding hydrogens is 249 g/mol. The molecule has 0 saturated heterocycles. The van der Waals surface area contributed by atoms with Gasteiger partial charge in [-0.25, -0.2) is 0 Å². The maximum Gasteiger partial charge on any atom is 0.176 e. The quantitative estimate of drug-likeness (QED) is 0.870. The molecule has 0 radical (unpaired) electrons. The van der Waals surface area contributed by atoms with Gasteiger partial charge >= 0.3 is 0 Å². The van der Waals surface area contributed by atoms with Crippen LogP contribution >= 0.6 is 11.3 Å². The smallest absolute Gasteiger partial charge is 0.176 e. The zero-order valence-corrected chi connectivity index (χ0v) is 11.5. The van der Waals surface area contributed by atoms with Gasteiger partial charge in [-0.1, -0.05) is 6.92 Å². The lowest BCUT2D eigenvalue weighted by Crippen LogP contribution is -2.17. The molecule has 2 aromatic heterocycles. The number of thiophene rings is 1. The van der Waals surface area contributed by atoms with Crippen LogP contribution in [0, 0.1) is 5.13 Å². The van der Waals surface area contributed by atoms with E-state index in [9.17, 15) is 4.39 Å². The minimum absolute atomic E-state index is 0.128. The number of hydrogen-bond acceptors (Lipinski definition) is 3. The Morgan fingerprint density at radius 2 is 2.22 bits per heavy atom. The van der Waals surface area contributed by atoms with Crippen molar-refractivity contribution in [1.29, 1.82) is 0 Å². The maximum absolute atomic E-state index is 12.8. The zero-order valence-electron chi connectivity index (χ0n) is 10.7. The summed E-state index contributed by atoms with van der Waals surface area (Å²) < 4.78 is 14.9. The summed E-state index contributed by atoms with van der Waals surface area (Å²) in [7, 11) is 0. The Kier molecular flexibility index (Phi) is 4.49. The van der Waals surface area contributed by atoms with E-state index in [0.29, 0.717) is 12.6 Å². The van der Waals surface area contributed by atoms with Crippen molar-refractivity contribution < 1.29 is 4.39 Å². The first-order valence-electron chi connectivity index (χ1n) is 6.18. The molecule has 0 spiro atoms. The van der Waals surface area contributed by atoms with Crippen LogP contribution in [-0.2, 0) is 13.1 Å². The summed E-state index contributed by atoms with van der Waals surface area (Å²) in [4.78, 5) is 1.02. The maximum atomic E-state index is 12.8. The van der Waals surface area contributed by atoms with Crippen LogP contribution in [0.1, 0.15) is 36.9 Å². The van der Waals surface area contributed by atoms with Crippen LogP contribution in [0.2, 0.25) is 0 Å². The molecule has 1 atom stereocenters. The minimum Gasteiger partial charge on any atom is -0.306 e. The third-order valence-corrected chi connectivity index (χ3v) is 3.87. The van der Waals surface area contributed by atoms with E-state index in [1.807, 2.05) is 23.0 Å². The molecular formula is C13H18FN3S.